The minimum absolute atomic E-state index is 0.122. The Labute approximate surface area is 122 Å². The van der Waals surface area contributed by atoms with Crippen LogP contribution in [0.5, 0.6) is 0 Å². The summed E-state index contributed by atoms with van der Waals surface area (Å²) in [5.74, 6) is 0.122. The molecule has 0 amide bonds. The molecule has 0 aliphatic carbocycles. The normalized spacial score (nSPS) is 10.3. The van der Waals surface area contributed by atoms with E-state index in [1.165, 1.54) is 5.56 Å². The Bertz CT molecular complexity index is 578. The molecule has 0 bridgehead atoms. The summed E-state index contributed by atoms with van der Waals surface area (Å²) in [5.41, 5.74) is 2.99. The first-order valence-electron chi connectivity index (χ1n) is 6.13. The fraction of sp³-hybridized carbons (Fsp3) is 0.188. The molecule has 0 heterocycles. The maximum absolute atomic E-state index is 12.2. The standard InChI is InChI=1S/C16H16BrNO/c1-12-4-3-5-15(10-12)18(2)11-16(19)13-6-8-14(17)9-7-13/h3-10H,11H2,1-2H3. The van der Waals surface area contributed by atoms with Crippen LogP contribution in [-0.4, -0.2) is 19.4 Å². The van der Waals surface area contributed by atoms with E-state index >= 15 is 0 Å². The number of hydrogen-bond donors (Lipinski definition) is 0. The zero-order valence-electron chi connectivity index (χ0n) is 11.1. The molecule has 0 unspecified atom stereocenters. The average molecular weight is 318 g/mol. The van der Waals surface area contributed by atoms with Crippen LogP contribution in [0.1, 0.15) is 15.9 Å². The second-order valence-electron chi connectivity index (χ2n) is 4.63. The smallest absolute Gasteiger partial charge is 0.182 e. The number of carbonyl (C=O) groups excluding carboxylic acids is 1. The molecule has 0 aromatic heterocycles. The van der Waals surface area contributed by atoms with Gasteiger partial charge in [-0.05, 0) is 36.8 Å². The van der Waals surface area contributed by atoms with E-state index in [2.05, 4.69) is 22.0 Å². The van der Waals surface area contributed by atoms with Gasteiger partial charge >= 0.3 is 0 Å². The molecule has 2 aromatic carbocycles. The number of halogens is 1. The second kappa shape index (κ2) is 6.02. The Morgan fingerprint density at radius 3 is 2.47 bits per heavy atom. The zero-order chi connectivity index (χ0) is 13.8. The molecule has 3 heteroatoms. The first-order valence-corrected chi connectivity index (χ1v) is 6.92. The summed E-state index contributed by atoms with van der Waals surface area (Å²) in [7, 11) is 1.94. The van der Waals surface area contributed by atoms with Crippen LogP contribution in [0.3, 0.4) is 0 Å². The lowest BCUT2D eigenvalue weighted by Gasteiger charge is -2.18. The maximum Gasteiger partial charge on any atom is 0.182 e. The van der Waals surface area contributed by atoms with Crippen molar-refractivity contribution < 1.29 is 4.79 Å². The van der Waals surface area contributed by atoms with Crippen molar-refractivity contribution in [3.05, 3.63) is 64.1 Å². The molecule has 0 saturated carbocycles. The van der Waals surface area contributed by atoms with Gasteiger partial charge < -0.3 is 4.90 Å². The highest BCUT2D eigenvalue weighted by Gasteiger charge is 2.09. The third-order valence-corrected chi connectivity index (χ3v) is 3.52. The Morgan fingerprint density at radius 1 is 1.16 bits per heavy atom. The molecule has 0 atom stereocenters. The second-order valence-corrected chi connectivity index (χ2v) is 5.54. The Morgan fingerprint density at radius 2 is 1.84 bits per heavy atom. The van der Waals surface area contributed by atoms with E-state index in [9.17, 15) is 4.79 Å². The molecule has 2 aromatic rings. The fourth-order valence-corrected chi connectivity index (χ4v) is 2.16. The lowest BCUT2D eigenvalue weighted by atomic mass is 10.1. The number of benzene rings is 2. The van der Waals surface area contributed by atoms with Gasteiger partial charge in [0.05, 0.1) is 6.54 Å². The first-order chi connectivity index (χ1) is 9.06. The van der Waals surface area contributed by atoms with Gasteiger partial charge in [-0.15, -0.1) is 0 Å². The van der Waals surface area contributed by atoms with Crippen molar-refractivity contribution in [2.75, 3.05) is 18.5 Å². The van der Waals surface area contributed by atoms with Crippen LogP contribution in [0.4, 0.5) is 5.69 Å². The number of carbonyl (C=O) groups is 1. The van der Waals surface area contributed by atoms with Crippen molar-refractivity contribution in [1.29, 1.82) is 0 Å². The highest BCUT2D eigenvalue weighted by atomic mass is 79.9. The number of hydrogen-bond acceptors (Lipinski definition) is 2. The molecular weight excluding hydrogens is 302 g/mol. The van der Waals surface area contributed by atoms with E-state index in [4.69, 9.17) is 0 Å². The van der Waals surface area contributed by atoms with E-state index in [-0.39, 0.29) is 5.78 Å². The summed E-state index contributed by atoms with van der Waals surface area (Å²) >= 11 is 3.37. The SMILES string of the molecule is Cc1cccc(N(C)CC(=O)c2ccc(Br)cc2)c1. The molecular formula is C16H16BrNO. The van der Waals surface area contributed by atoms with Gasteiger partial charge in [-0.3, -0.25) is 4.79 Å². The highest BCUT2D eigenvalue weighted by Crippen LogP contribution is 2.16. The average Bonchev–Trinajstić information content (AvgIpc) is 2.39. The number of likely N-dealkylation sites (N-methyl/N-ethyl adjacent to an activating group) is 1. The van der Waals surface area contributed by atoms with Crippen molar-refractivity contribution >= 4 is 27.4 Å². The highest BCUT2D eigenvalue weighted by molar-refractivity contribution is 9.10. The maximum atomic E-state index is 12.2. The van der Waals surface area contributed by atoms with Crippen molar-refractivity contribution in [3.63, 3.8) is 0 Å². The summed E-state index contributed by atoms with van der Waals surface area (Å²) in [4.78, 5) is 14.1. The minimum Gasteiger partial charge on any atom is -0.367 e. The van der Waals surface area contributed by atoms with Crippen LogP contribution in [0.2, 0.25) is 0 Å². The predicted molar refractivity (Wildman–Crippen MR) is 82.9 cm³/mol. The Hall–Kier alpha value is -1.61. The van der Waals surface area contributed by atoms with Gasteiger partial charge in [0.25, 0.3) is 0 Å². The molecule has 2 rings (SSSR count). The Kier molecular flexibility index (Phi) is 4.38. The van der Waals surface area contributed by atoms with Crippen LogP contribution in [0.25, 0.3) is 0 Å². The summed E-state index contributed by atoms with van der Waals surface area (Å²) in [6, 6.07) is 15.6. The van der Waals surface area contributed by atoms with Gasteiger partial charge in [-0.25, -0.2) is 0 Å². The van der Waals surface area contributed by atoms with Crippen molar-refractivity contribution in [3.8, 4) is 0 Å². The summed E-state index contributed by atoms with van der Waals surface area (Å²) in [6.07, 6.45) is 0. The molecule has 0 aliphatic rings. The van der Waals surface area contributed by atoms with E-state index in [0.717, 1.165) is 15.7 Å². The molecule has 0 fully saturated rings. The number of aryl methyl sites for hydroxylation is 1. The van der Waals surface area contributed by atoms with Crippen molar-refractivity contribution in [2.24, 2.45) is 0 Å². The summed E-state index contributed by atoms with van der Waals surface area (Å²) in [5, 5.41) is 0. The quantitative estimate of drug-likeness (QED) is 0.792. The third-order valence-electron chi connectivity index (χ3n) is 2.99. The molecule has 2 nitrogen and oxygen atoms in total. The van der Waals surface area contributed by atoms with Gasteiger partial charge in [0.15, 0.2) is 5.78 Å². The van der Waals surface area contributed by atoms with E-state index in [1.807, 2.05) is 61.3 Å². The van der Waals surface area contributed by atoms with E-state index in [1.54, 1.807) is 0 Å². The lowest BCUT2D eigenvalue weighted by molar-refractivity contribution is 0.100. The summed E-state index contributed by atoms with van der Waals surface area (Å²) in [6.45, 7) is 2.43. The van der Waals surface area contributed by atoms with Gasteiger partial charge in [0, 0.05) is 22.8 Å². The first kappa shape index (κ1) is 13.8. The third kappa shape index (κ3) is 3.67. The number of nitrogens with zero attached hydrogens (tertiary/aromatic N) is 1. The molecule has 98 valence electrons. The van der Waals surface area contributed by atoms with Gasteiger partial charge in [-0.2, -0.15) is 0 Å². The number of Topliss-reactive ketones (excluding diaryl/α,β-unsaturated/α-hetero) is 1. The summed E-state index contributed by atoms with van der Waals surface area (Å²) < 4.78 is 0.982. The number of anilines is 1. The number of ketones is 1. The molecule has 0 N–H and O–H groups in total. The number of rotatable bonds is 4. The van der Waals surface area contributed by atoms with Crippen LogP contribution in [-0.2, 0) is 0 Å². The molecule has 0 aliphatic heterocycles. The largest absolute Gasteiger partial charge is 0.367 e. The van der Waals surface area contributed by atoms with E-state index < -0.39 is 0 Å². The van der Waals surface area contributed by atoms with Crippen LogP contribution in [0.15, 0.2) is 53.0 Å². The van der Waals surface area contributed by atoms with Crippen molar-refractivity contribution in [1.82, 2.24) is 0 Å². The van der Waals surface area contributed by atoms with Crippen LogP contribution < -0.4 is 4.90 Å². The monoisotopic (exact) mass is 317 g/mol. The molecule has 0 saturated heterocycles. The fourth-order valence-electron chi connectivity index (χ4n) is 1.90. The molecule has 0 radical (unpaired) electrons. The van der Waals surface area contributed by atoms with Crippen molar-refractivity contribution in [2.45, 2.75) is 6.92 Å². The van der Waals surface area contributed by atoms with Crippen LogP contribution in [0, 0.1) is 6.92 Å². The van der Waals surface area contributed by atoms with Gasteiger partial charge in [-0.1, -0.05) is 40.2 Å². The molecule has 19 heavy (non-hydrogen) atoms. The molecule has 0 spiro atoms. The predicted octanol–water partition coefficient (Wildman–Crippen LogP) is 4.08. The van der Waals surface area contributed by atoms with Gasteiger partial charge in [0.2, 0.25) is 0 Å². The Balaban J connectivity index is 2.08. The van der Waals surface area contributed by atoms with Crippen LogP contribution >= 0.6 is 15.9 Å². The van der Waals surface area contributed by atoms with E-state index in [0.29, 0.717) is 6.54 Å². The van der Waals surface area contributed by atoms with Gasteiger partial charge in [0.1, 0.15) is 0 Å². The minimum atomic E-state index is 0.122. The lowest BCUT2D eigenvalue weighted by Crippen LogP contribution is -2.25. The zero-order valence-corrected chi connectivity index (χ0v) is 12.6. The topological polar surface area (TPSA) is 20.3 Å².